The van der Waals surface area contributed by atoms with Crippen LogP contribution in [0.4, 0.5) is 5.69 Å². The van der Waals surface area contributed by atoms with Gasteiger partial charge in [0.05, 0.1) is 43.5 Å². The largest absolute Gasteiger partial charge is 0.465 e. The number of morpholine rings is 1. The smallest absolute Gasteiger partial charge is 0.339 e. The lowest BCUT2D eigenvalue weighted by atomic mass is 9.97. The average Bonchev–Trinajstić information content (AvgIpc) is 3.11. The number of esters is 1. The van der Waals surface area contributed by atoms with E-state index in [2.05, 4.69) is 0 Å². The van der Waals surface area contributed by atoms with Crippen molar-refractivity contribution in [1.29, 1.82) is 0 Å². The molecule has 3 aliphatic rings. The number of carbonyl (C=O) groups is 3. The van der Waals surface area contributed by atoms with Gasteiger partial charge in [-0.25, -0.2) is 9.69 Å². The summed E-state index contributed by atoms with van der Waals surface area (Å²) in [7, 11) is 1.25. The molecule has 0 spiro atoms. The van der Waals surface area contributed by atoms with Gasteiger partial charge in [-0.2, -0.15) is 5.06 Å². The third kappa shape index (κ3) is 2.07. The summed E-state index contributed by atoms with van der Waals surface area (Å²) in [6, 6.07) is 6.10. The van der Waals surface area contributed by atoms with Crippen molar-refractivity contribution in [3.05, 3.63) is 29.8 Å². The number of rotatable bonds is 2. The first-order valence-corrected chi connectivity index (χ1v) is 7.70. The number of para-hydroxylation sites is 1. The van der Waals surface area contributed by atoms with E-state index >= 15 is 0 Å². The van der Waals surface area contributed by atoms with Crippen LogP contribution in [0.1, 0.15) is 10.4 Å². The number of carbonyl (C=O) groups excluding carboxylic acids is 3. The molecule has 3 heterocycles. The first-order valence-electron chi connectivity index (χ1n) is 7.70. The van der Waals surface area contributed by atoms with Crippen LogP contribution < -0.4 is 4.90 Å². The van der Waals surface area contributed by atoms with E-state index in [0.717, 1.165) is 4.90 Å². The van der Waals surface area contributed by atoms with Crippen molar-refractivity contribution >= 4 is 23.5 Å². The Balaban J connectivity index is 1.71. The Hall–Kier alpha value is -2.29. The minimum atomic E-state index is -0.866. The monoisotopic (exact) mass is 332 g/mol. The summed E-state index contributed by atoms with van der Waals surface area (Å²) in [5.74, 6) is -2.06. The molecule has 0 aliphatic carbocycles. The number of hydrogen-bond acceptors (Lipinski definition) is 7. The van der Waals surface area contributed by atoms with Gasteiger partial charge in [-0.3, -0.25) is 14.4 Å². The number of amides is 2. The van der Waals surface area contributed by atoms with E-state index in [-0.39, 0.29) is 23.2 Å². The summed E-state index contributed by atoms with van der Waals surface area (Å²) in [5, 5.41) is 1.66. The van der Waals surface area contributed by atoms with Gasteiger partial charge < -0.3 is 9.47 Å². The molecule has 0 saturated carbocycles. The molecule has 1 aromatic carbocycles. The Morgan fingerprint density at radius 3 is 2.83 bits per heavy atom. The van der Waals surface area contributed by atoms with Crippen molar-refractivity contribution < 1.29 is 28.7 Å². The zero-order valence-electron chi connectivity index (χ0n) is 13.0. The molecule has 4 rings (SSSR count). The van der Waals surface area contributed by atoms with Crippen LogP contribution in [-0.4, -0.2) is 61.9 Å². The number of anilines is 1. The lowest BCUT2D eigenvalue weighted by molar-refractivity contribution is -0.197. The highest BCUT2D eigenvalue weighted by molar-refractivity contribution is 6.25. The number of ether oxygens (including phenoxy) is 2. The Bertz CT molecular complexity index is 720. The van der Waals surface area contributed by atoms with Crippen molar-refractivity contribution in [1.82, 2.24) is 5.06 Å². The second-order valence-corrected chi connectivity index (χ2v) is 5.86. The maximum absolute atomic E-state index is 12.9. The van der Waals surface area contributed by atoms with Crippen LogP contribution in [0, 0.1) is 5.92 Å². The van der Waals surface area contributed by atoms with Crippen LogP contribution >= 0.6 is 0 Å². The predicted octanol–water partition coefficient (Wildman–Crippen LogP) is -0.0228. The molecule has 0 radical (unpaired) electrons. The minimum Gasteiger partial charge on any atom is -0.465 e. The molecule has 0 aromatic heterocycles. The van der Waals surface area contributed by atoms with Gasteiger partial charge in [0.2, 0.25) is 5.91 Å². The molecular weight excluding hydrogens is 316 g/mol. The number of hydrogen-bond donors (Lipinski definition) is 0. The van der Waals surface area contributed by atoms with Gasteiger partial charge in [0, 0.05) is 6.54 Å². The van der Waals surface area contributed by atoms with E-state index in [4.69, 9.17) is 14.3 Å². The average molecular weight is 332 g/mol. The number of imide groups is 1. The number of hydroxylamine groups is 2. The number of nitrogens with zero attached hydrogens (tertiary/aromatic N) is 2. The zero-order valence-corrected chi connectivity index (χ0v) is 13.0. The second kappa shape index (κ2) is 5.66. The third-order valence-electron chi connectivity index (χ3n) is 4.62. The maximum Gasteiger partial charge on any atom is 0.339 e. The Labute approximate surface area is 137 Å². The second-order valence-electron chi connectivity index (χ2n) is 5.86. The van der Waals surface area contributed by atoms with Crippen molar-refractivity contribution in [3.63, 3.8) is 0 Å². The minimum absolute atomic E-state index is 0.165. The van der Waals surface area contributed by atoms with Crippen LogP contribution in [0.15, 0.2) is 24.3 Å². The highest BCUT2D eigenvalue weighted by atomic mass is 16.7. The first kappa shape index (κ1) is 15.3. The first-order chi connectivity index (χ1) is 11.6. The van der Waals surface area contributed by atoms with Crippen LogP contribution in [0.2, 0.25) is 0 Å². The lowest BCUT2D eigenvalue weighted by Crippen LogP contribution is -2.47. The zero-order chi connectivity index (χ0) is 16.8. The van der Waals surface area contributed by atoms with E-state index in [0.29, 0.717) is 19.8 Å². The van der Waals surface area contributed by atoms with Gasteiger partial charge in [0.1, 0.15) is 0 Å². The van der Waals surface area contributed by atoms with Gasteiger partial charge in [-0.1, -0.05) is 12.1 Å². The van der Waals surface area contributed by atoms with E-state index in [1.165, 1.54) is 13.2 Å². The molecule has 24 heavy (non-hydrogen) atoms. The maximum atomic E-state index is 12.9. The molecule has 3 fully saturated rings. The molecule has 8 nitrogen and oxygen atoms in total. The fourth-order valence-electron chi connectivity index (χ4n) is 3.50. The molecule has 3 aliphatic heterocycles. The summed E-state index contributed by atoms with van der Waals surface area (Å²) in [6.45, 7) is 1.37. The van der Waals surface area contributed by atoms with Crippen molar-refractivity contribution in [3.8, 4) is 0 Å². The van der Waals surface area contributed by atoms with Gasteiger partial charge in [0.25, 0.3) is 5.91 Å². The fraction of sp³-hybridized carbons (Fsp3) is 0.438. The van der Waals surface area contributed by atoms with Crippen molar-refractivity contribution in [2.45, 2.75) is 12.1 Å². The molecule has 2 amide bonds. The fourth-order valence-corrected chi connectivity index (χ4v) is 3.50. The van der Waals surface area contributed by atoms with Crippen LogP contribution in [-0.2, 0) is 23.9 Å². The molecule has 1 aromatic rings. The molecule has 126 valence electrons. The van der Waals surface area contributed by atoms with Crippen LogP contribution in [0.3, 0.4) is 0 Å². The van der Waals surface area contributed by atoms with E-state index in [1.54, 1.807) is 23.3 Å². The number of benzene rings is 1. The Morgan fingerprint density at radius 1 is 1.25 bits per heavy atom. The molecular formula is C16H16N2O6. The van der Waals surface area contributed by atoms with Crippen LogP contribution in [0.25, 0.3) is 0 Å². The summed E-state index contributed by atoms with van der Waals surface area (Å²) in [4.78, 5) is 44.3. The van der Waals surface area contributed by atoms with Crippen molar-refractivity contribution in [2.75, 3.05) is 31.8 Å². The highest BCUT2D eigenvalue weighted by Gasteiger charge is 2.60. The topological polar surface area (TPSA) is 85.4 Å². The normalized spacial score (nSPS) is 29.5. The van der Waals surface area contributed by atoms with Gasteiger partial charge in [-0.05, 0) is 12.1 Å². The molecule has 8 heteroatoms. The standard InChI is InChI=1S/C16H16N2O6/c1-22-16(21)9-4-2-3-5-10(9)18-14(19)12-11-8-23-7-6-17(11)24-13(12)15(18)20/h2-5,11-13H,6-8H2,1H3. The summed E-state index contributed by atoms with van der Waals surface area (Å²) >= 11 is 0. The predicted molar refractivity (Wildman–Crippen MR) is 80.0 cm³/mol. The third-order valence-corrected chi connectivity index (χ3v) is 4.62. The Kier molecular flexibility index (Phi) is 3.60. The lowest BCUT2D eigenvalue weighted by Gasteiger charge is -2.30. The number of fused-ring (bicyclic) bond motifs is 3. The summed E-state index contributed by atoms with van der Waals surface area (Å²) < 4.78 is 10.2. The van der Waals surface area contributed by atoms with Crippen molar-refractivity contribution in [2.24, 2.45) is 5.92 Å². The van der Waals surface area contributed by atoms with Gasteiger partial charge in [-0.15, -0.1) is 0 Å². The van der Waals surface area contributed by atoms with Gasteiger partial charge in [0.15, 0.2) is 6.10 Å². The van der Waals surface area contributed by atoms with E-state index in [1.807, 2.05) is 0 Å². The molecule has 0 bridgehead atoms. The van der Waals surface area contributed by atoms with Gasteiger partial charge >= 0.3 is 5.97 Å². The highest BCUT2D eigenvalue weighted by Crippen LogP contribution is 2.39. The Morgan fingerprint density at radius 2 is 2.04 bits per heavy atom. The molecule has 0 N–H and O–H groups in total. The van der Waals surface area contributed by atoms with E-state index < -0.39 is 23.9 Å². The molecule has 3 unspecified atom stereocenters. The van der Waals surface area contributed by atoms with Crippen LogP contribution in [0.5, 0.6) is 0 Å². The summed E-state index contributed by atoms with van der Waals surface area (Å²) in [6.07, 6.45) is -0.866. The summed E-state index contributed by atoms with van der Waals surface area (Å²) in [5.41, 5.74) is 0.388. The molecule has 3 saturated heterocycles. The SMILES string of the molecule is COC(=O)c1ccccc1N1C(=O)C2ON3CCOCC3C2C1=O. The quantitative estimate of drug-likeness (QED) is 0.556. The van der Waals surface area contributed by atoms with E-state index in [9.17, 15) is 14.4 Å². The molecule has 3 atom stereocenters. The number of methoxy groups -OCH3 is 1.